The van der Waals surface area contributed by atoms with Crippen molar-refractivity contribution < 1.29 is 24.3 Å². The molecule has 0 aromatic heterocycles. The zero-order valence-corrected chi connectivity index (χ0v) is 6.37. The average molecular weight is 132 g/mol. The number of allylic oxidation sites excluding steroid dienone is 1. The van der Waals surface area contributed by atoms with Crippen molar-refractivity contribution in [3.8, 4) is 0 Å². The molecule has 1 nitrogen and oxygen atoms in total. The second kappa shape index (κ2) is 5.03. The third kappa shape index (κ3) is 8.98. The van der Waals surface area contributed by atoms with Crippen LogP contribution in [-0.4, -0.2) is 5.78 Å². The van der Waals surface area contributed by atoms with E-state index in [0.29, 0.717) is 0 Å². The summed E-state index contributed by atoms with van der Waals surface area (Å²) in [5.74, 6) is -0.731. The molecule has 2 heteroatoms. The van der Waals surface area contributed by atoms with Crippen LogP contribution in [0, 0.1) is 6.92 Å². The van der Waals surface area contributed by atoms with E-state index in [1.54, 1.807) is 0 Å². The summed E-state index contributed by atoms with van der Waals surface area (Å²) in [6.07, 6.45) is 0.944. The zero-order chi connectivity index (χ0) is 4.28. The number of carbonyl (C=O) groups is 1. The van der Waals surface area contributed by atoms with Crippen LogP contribution in [0.4, 0.5) is 0 Å². The van der Waals surface area contributed by atoms with Crippen molar-refractivity contribution in [3.05, 3.63) is 19.6 Å². The molecular weight excluding hydrogens is 129 g/mol. The van der Waals surface area contributed by atoms with Gasteiger partial charge in [0.15, 0.2) is 5.78 Å². The first kappa shape index (κ1) is 9.40. The Balaban J connectivity index is 0. The molecule has 0 aromatic carbocycles. The normalized spacial score (nSPS) is 5.50. The molecular formula is C4H3OZn. The summed E-state index contributed by atoms with van der Waals surface area (Å²) in [4.78, 5) is 9.36. The van der Waals surface area contributed by atoms with Gasteiger partial charge in [0.2, 0.25) is 0 Å². The molecule has 27 valence electrons. The fraction of sp³-hybridized carbons (Fsp3) is 0. The van der Waals surface area contributed by atoms with E-state index in [0.717, 1.165) is 6.08 Å². The van der Waals surface area contributed by atoms with Gasteiger partial charge in [-0.2, -0.15) is 0 Å². The van der Waals surface area contributed by atoms with Crippen LogP contribution < -0.4 is 0 Å². The van der Waals surface area contributed by atoms with Crippen molar-refractivity contribution in [3.63, 3.8) is 0 Å². The van der Waals surface area contributed by atoms with E-state index in [1.807, 2.05) is 0 Å². The minimum Gasteiger partial charge on any atom is -0.294 e. The number of ketones is 1. The molecule has 0 fully saturated rings. The molecule has 0 spiro atoms. The maximum atomic E-state index is 9.36. The van der Waals surface area contributed by atoms with Crippen LogP contribution in [-0.2, 0) is 24.3 Å². The first-order valence-electron chi connectivity index (χ1n) is 1.15. The van der Waals surface area contributed by atoms with Crippen LogP contribution in [0.15, 0.2) is 12.7 Å². The van der Waals surface area contributed by atoms with Gasteiger partial charge in [0.05, 0.1) is 6.92 Å². The molecule has 0 atom stereocenters. The Morgan fingerprint density at radius 2 is 2.00 bits per heavy atom. The molecule has 0 rings (SSSR count). The van der Waals surface area contributed by atoms with E-state index in [4.69, 9.17) is 6.92 Å². The van der Waals surface area contributed by atoms with Crippen LogP contribution in [0.3, 0.4) is 0 Å². The fourth-order valence-corrected chi connectivity index (χ4v) is 0. The molecule has 0 amide bonds. The first-order chi connectivity index (χ1) is 2.27. The first-order valence-corrected chi connectivity index (χ1v) is 1.15. The van der Waals surface area contributed by atoms with Gasteiger partial charge in [-0.3, -0.25) is 4.79 Å². The van der Waals surface area contributed by atoms with Crippen LogP contribution in [0.1, 0.15) is 0 Å². The smallest absolute Gasteiger partial charge is 0.164 e. The topological polar surface area (TPSA) is 17.1 Å². The molecule has 0 aliphatic carbocycles. The molecule has 0 unspecified atom stereocenters. The van der Waals surface area contributed by atoms with Crippen molar-refractivity contribution in [2.24, 2.45) is 0 Å². The Kier molecular flexibility index (Phi) is 7.88. The van der Waals surface area contributed by atoms with Gasteiger partial charge < -0.3 is 0 Å². The maximum Gasteiger partial charge on any atom is 0.164 e. The summed E-state index contributed by atoms with van der Waals surface area (Å²) < 4.78 is 0. The molecule has 0 aliphatic rings. The summed E-state index contributed by atoms with van der Waals surface area (Å²) >= 11 is 0. The van der Waals surface area contributed by atoms with Gasteiger partial charge in [-0.25, -0.2) is 0 Å². The Morgan fingerprint density at radius 3 is 2.00 bits per heavy atom. The van der Waals surface area contributed by atoms with Crippen molar-refractivity contribution in [1.29, 1.82) is 0 Å². The van der Waals surface area contributed by atoms with Gasteiger partial charge in [-0.15, -0.1) is 0 Å². The van der Waals surface area contributed by atoms with Gasteiger partial charge in [0.25, 0.3) is 0 Å². The Hall–Kier alpha value is 0.0334. The molecule has 3 radical (unpaired) electrons. The molecule has 0 heterocycles. The maximum absolute atomic E-state index is 9.36. The summed E-state index contributed by atoms with van der Waals surface area (Å²) in [6.45, 7) is 9.09. The third-order valence-electron chi connectivity index (χ3n) is 0.185. The van der Waals surface area contributed by atoms with E-state index in [1.165, 1.54) is 0 Å². The van der Waals surface area contributed by atoms with E-state index in [-0.39, 0.29) is 19.5 Å². The van der Waals surface area contributed by atoms with E-state index >= 15 is 0 Å². The minimum atomic E-state index is -0.731. The number of carbonyl (C=O) groups excluding carboxylic acids is 1. The van der Waals surface area contributed by atoms with Crippen molar-refractivity contribution in [2.75, 3.05) is 0 Å². The summed E-state index contributed by atoms with van der Waals surface area (Å²) in [7, 11) is 0. The fourth-order valence-electron chi connectivity index (χ4n) is 0. The Labute approximate surface area is 50.2 Å². The van der Waals surface area contributed by atoms with E-state index < -0.39 is 5.78 Å². The molecule has 0 saturated carbocycles. The van der Waals surface area contributed by atoms with E-state index in [2.05, 4.69) is 6.58 Å². The average Bonchev–Trinajstić information content (AvgIpc) is 1.38. The van der Waals surface area contributed by atoms with Crippen LogP contribution >= 0.6 is 0 Å². The Bertz CT molecular complexity index is 58.6. The summed E-state index contributed by atoms with van der Waals surface area (Å²) in [5, 5.41) is 0. The second-order valence-corrected chi connectivity index (χ2v) is 0.568. The van der Waals surface area contributed by atoms with Gasteiger partial charge >= 0.3 is 0 Å². The molecule has 0 aromatic rings. The van der Waals surface area contributed by atoms with Crippen LogP contribution in [0.2, 0.25) is 0 Å². The summed E-state index contributed by atoms with van der Waals surface area (Å²) in [6, 6.07) is 0. The third-order valence-corrected chi connectivity index (χ3v) is 0.185. The van der Waals surface area contributed by atoms with E-state index in [9.17, 15) is 4.79 Å². The largest absolute Gasteiger partial charge is 0.294 e. The van der Waals surface area contributed by atoms with Gasteiger partial charge in [0, 0.05) is 19.5 Å². The van der Waals surface area contributed by atoms with Crippen LogP contribution in [0.25, 0.3) is 0 Å². The number of hydrogen-bond acceptors (Lipinski definition) is 1. The van der Waals surface area contributed by atoms with Crippen molar-refractivity contribution >= 4 is 5.78 Å². The predicted octanol–water partition coefficient (Wildman–Crippen LogP) is 0.327. The van der Waals surface area contributed by atoms with Crippen LogP contribution in [0.5, 0.6) is 0 Å². The Morgan fingerprint density at radius 1 is 1.83 bits per heavy atom. The SMILES string of the molecule is [C]C(=O)C=C.[Zn]. The minimum absolute atomic E-state index is 0. The zero-order valence-electron chi connectivity index (χ0n) is 3.40. The molecule has 0 bridgehead atoms. The molecule has 0 saturated heterocycles. The van der Waals surface area contributed by atoms with Crippen molar-refractivity contribution in [2.45, 2.75) is 0 Å². The molecule has 0 aliphatic heterocycles. The quantitative estimate of drug-likeness (QED) is 0.371. The summed E-state index contributed by atoms with van der Waals surface area (Å²) in [5.41, 5.74) is 0. The standard InChI is InChI=1S/C4H3O.Zn/c1-3-4(2)5;/h3H,1H2;. The number of rotatable bonds is 1. The predicted molar refractivity (Wildman–Crippen MR) is 18.4 cm³/mol. The van der Waals surface area contributed by atoms with Gasteiger partial charge in [0.1, 0.15) is 0 Å². The number of hydrogen-bond donors (Lipinski definition) is 0. The van der Waals surface area contributed by atoms with Gasteiger partial charge in [-0.05, 0) is 6.08 Å². The monoisotopic (exact) mass is 131 g/mol. The second-order valence-electron chi connectivity index (χ2n) is 0.568. The molecule has 6 heavy (non-hydrogen) atoms. The molecule has 0 N–H and O–H groups in total. The van der Waals surface area contributed by atoms with Crippen molar-refractivity contribution in [1.82, 2.24) is 0 Å². The van der Waals surface area contributed by atoms with Gasteiger partial charge in [-0.1, -0.05) is 6.58 Å².